The number of benzene rings is 2. The van der Waals surface area contributed by atoms with Gasteiger partial charge in [0.15, 0.2) is 0 Å². The van der Waals surface area contributed by atoms with E-state index >= 15 is 0 Å². The first kappa shape index (κ1) is 20.6. The molecule has 0 aliphatic carbocycles. The second kappa shape index (κ2) is 9.00. The van der Waals surface area contributed by atoms with E-state index in [-0.39, 0.29) is 12.3 Å². The molecule has 1 amide bonds. The van der Waals surface area contributed by atoms with Crippen molar-refractivity contribution in [2.75, 3.05) is 23.8 Å². The lowest BCUT2D eigenvalue weighted by atomic mass is 10.2. The highest BCUT2D eigenvalue weighted by Crippen LogP contribution is 2.35. The summed E-state index contributed by atoms with van der Waals surface area (Å²) in [6, 6.07) is 17.4. The van der Waals surface area contributed by atoms with Gasteiger partial charge in [-0.1, -0.05) is 59.6 Å². The molecule has 0 saturated heterocycles. The van der Waals surface area contributed by atoms with Crippen molar-refractivity contribution in [2.45, 2.75) is 6.42 Å². The average molecular weight is 457 g/mol. The van der Waals surface area contributed by atoms with Gasteiger partial charge in [-0.2, -0.15) is 0 Å². The number of thiophene rings is 1. The van der Waals surface area contributed by atoms with E-state index in [9.17, 15) is 4.79 Å². The standard InChI is InChI=1S/C22H18Cl2N4OS/c1-28(11-10-19(29)27-17-9-5-8-16(23)20(17)24)21-15-12-18(14-6-3-2-4-7-14)30-22(15)26-13-25-21/h2-9,12-13H,10-11H2,1H3,(H,27,29). The molecule has 152 valence electrons. The Morgan fingerprint density at radius 3 is 2.70 bits per heavy atom. The van der Waals surface area contributed by atoms with E-state index in [1.165, 1.54) is 0 Å². The zero-order chi connectivity index (χ0) is 21.1. The second-order valence-corrected chi connectivity index (χ2v) is 8.53. The van der Waals surface area contributed by atoms with Crippen molar-refractivity contribution in [3.63, 3.8) is 0 Å². The molecule has 4 rings (SSSR count). The molecular weight excluding hydrogens is 439 g/mol. The maximum Gasteiger partial charge on any atom is 0.226 e. The first-order valence-electron chi connectivity index (χ1n) is 9.28. The van der Waals surface area contributed by atoms with Gasteiger partial charge in [-0.15, -0.1) is 11.3 Å². The van der Waals surface area contributed by atoms with E-state index in [1.54, 1.807) is 35.9 Å². The summed E-state index contributed by atoms with van der Waals surface area (Å²) in [4.78, 5) is 25.3. The lowest BCUT2D eigenvalue weighted by molar-refractivity contribution is -0.116. The van der Waals surface area contributed by atoms with E-state index in [2.05, 4.69) is 33.5 Å². The summed E-state index contributed by atoms with van der Waals surface area (Å²) in [5, 5.41) is 4.52. The molecular formula is C22H18Cl2N4OS. The van der Waals surface area contributed by atoms with Crippen LogP contribution >= 0.6 is 34.5 Å². The normalized spacial score (nSPS) is 10.9. The fourth-order valence-electron chi connectivity index (χ4n) is 3.08. The van der Waals surface area contributed by atoms with E-state index in [1.807, 2.05) is 30.1 Å². The fraction of sp³-hybridized carbons (Fsp3) is 0.136. The van der Waals surface area contributed by atoms with E-state index in [0.29, 0.717) is 22.3 Å². The van der Waals surface area contributed by atoms with Crippen LogP contribution in [0.15, 0.2) is 60.9 Å². The van der Waals surface area contributed by atoms with Gasteiger partial charge in [-0.3, -0.25) is 4.79 Å². The van der Waals surface area contributed by atoms with Gasteiger partial charge in [0.1, 0.15) is 17.0 Å². The van der Waals surface area contributed by atoms with Gasteiger partial charge < -0.3 is 10.2 Å². The van der Waals surface area contributed by atoms with Crippen LogP contribution in [0.1, 0.15) is 6.42 Å². The predicted molar refractivity (Wildman–Crippen MR) is 126 cm³/mol. The Balaban J connectivity index is 1.48. The molecule has 0 aliphatic rings. The minimum atomic E-state index is -0.147. The molecule has 0 aliphatic heterocycles. The summed E-state index contributed by atoms with van der Waals surface area (Å²) < 4.78 is 0. The number of hydrogen-bond donors (Lipinski definition) is 1. The van der Waals surface area contributed by atoms with Crippen LogP contribution in [0.3, 0.4) is 0 Å². The van der Waals surface area contributed by atoms with Gasteiger partial charge in [0, 0.05) is 24.9 Å². The van der Waals surface area contributed by atoms with Crippen molar-refractivity contribution in [1.29, 1.82) is 0 Å². The van der Waals surface area contributed by atoms with Crippen LogP contribution in [0.4, 0.5) is 11.5 Å². The number of anilines is 2. The number of carbonyl (C=O) groups is 1. The van der Waals surface area contributed by atoms with Crippen LogP contribution in [-0.4, -0.2) is 29.5 Å². The highest BCUT2D eigenvalue weighted by molar-refractivity contribution is 7.21. The number of carbonyl (C=O) groups excluding carboxylic acids is 1. The quantitative estimate of drug-likeness (QED) is 0.379. The molecule has 0 fully saturated rings. The highest BCUT2D eigenvalue weighted by Gasteiger charge is 2.15. The largest absolute Gasteiger partial charge is 0.359 e. The third-order valence-electron chi connectivity index (χ3n) is 4.63. The van der Waals surface area contributed by atoms with Crippen molar-refractivity contribution < 1.29 is 4.79 Å². The molecule has 2 aromatic heterocycles. The van der Waals surface area contributed by atoms with Crippen LogP contribution < -0.4 is 10.2 Å². The molecule has 4 aromatic rings. The third kappa shape index (κ3) is 4.41. The van der Waals surface area contributed by atoms with Crippen molar-refractivity contribution in [2.24, 2.45) is 0 Å². The number of halogens is 2. The number of rotatable bonds is 6. The Morgan fingerprint density at radius 2 is 1.90 bits per heavy atom. The Labute approximate surface area is 188 Å². The molecule has 1 N–H and O–H groups in total. The summed E-state index contributed by atoms with van der Waals surface area (Å²) in [7, 11) is 1.92. The van der Waals surface area contributed by atoms with Gasteiger partial charge in [-0.05, 0) is 23.8 Å². The first-order chi connectivity index (χ1) is 14.5. The molecule has 5 nitrogen and oxygen atoms in total. The molecule has 0 saturated carbocycles. The maximum absolute atomic E-state index is 12.4. The monoisotopic (exact) mass is 456 g/mol. The fourth-order valence-corrected chi connectivity index (χ4v) is 4.43. The van der Waals surface area contributed by atoms with Gasteiger partial charge in [0.05, 0.1) is 21.1 Å². The number of nitrogens with zero attached hydrogens (tertiary/aromatic N) is 3. The molecule has 0 atom stereocenters. The van der Waals surface area contributed by atoms with Crippen molar-refractivity contribution in [1.82, 2.24) is 9.97 Å². The molecule has 0 radical (unpaired) electrons. The highest BCUT2D eigenvalue weighted by atomic mass is 35.5. The zero-order valence-electron chi connectivity index (χ0n) is 16.1. The Hall–Kier alpha value is -2.67. The average Bonchev–Trinajstić information content (AvgIpc) is 3.20. The summed E-state index contributed by atoms with van der Waals surface area (Å²) in [6.07, 6.45) is 1.84. The number of aromatic nitrogens is 2. The van der Waals surface area contributed by atoms with Gasteiger partial charge >= 0.3 is 0 Å². The summed E-state index contributed by atoms with van der Waals surface area (Å²) in [5.41, 5.74) is 1.65. The van der Waals surface area contributed by atoms with Crippen LogP contribution in [0.5, 0.6) is 0 Å². The smallest absolute Gasteiger partial charge is 0.226 e. The van der Waals surface area contributed by atoms with Gasteiger partial charge in [0.2, 0.25) is 5.91 Å². The van der Waals surface area contributed by atoms with Crippen LogP contribution in [0.2, 0.25) is 10.0 Å². The number of amides is 1. The van der Waals surface area contributed by atoms with E-state index in [4.69, 9.17) is 23.2 Å². The van der Waals surface area contributed by atoms with Crippen molar-refractivity contribution in [3.8, 4) is 10.4 Å². The molecule has 0 spiro atoms. The molecule has 0 unspecified atom stereocenters. The minimum absolute atomic E-state index is 0.147. The minimum Gasteiger partial charge on any atom is -0.359 e. The lowest BCUT2D eigenvalue weighted by Gasteiger charge is -2.18. The van der Waals surface area contributed by atoms with Gasteiger partial charge in [0.25, 0.3) is 0 Å². The molecule has 2 aromatic carbocycles. The molecule has 30 heavy (non-hydrogen) atoms. The summed E-state index contributed by atoms with van der Waals surface area (Å²) in [6.45, 7) is 0.493. The second-order valence-electron chi connectivity index (χ2n) is 6.71. The first-order valence-corrected chi connectivity index (χ1v) is 10.8. The Bertz CT molecular complexity index is 1200. The van der Waals surface area contributed by atoms with Crippen LogP contribution in [-0.2, 0) is 4.79 Å². The van der Waals surface area contributed by atoms with E-state index in [0.717, 1.165) is 26.5 Å². The maximum atomic E-state index is 12.4. The molecule has 8 heteroatoms. The zero-order valence-corrected chi connectivity index (χ0v) is 18.4. The Morgan fingerprint density at radius 1 is 1.10 bits per heavy atom. The SMILES string of the molecule is CN(CCC(=O)Nc1cccc(Cl)c1Cl)c1ncnc2sc(-c3ccccc3)cc12. The number of nitrogens with one attached hydrogen (secondary N) is 1. The van der Waals surface area contributed by atoms with Crippen molar-refractivity contribution >= 4 is 62.2 Å². The van der Waals surface area contributed by atoms with Gasteiger partial charge in [-0.25, -0.2) is 9.97 Å². The van der Waals surface area contributed by atoms with E-state index < -0.39 is 0 Å². The number of fused-ring (bicyclic) bond motifs is 1. The molecule has 0 bridgehead atoms. The Kier molecular flexibility index (Phi) is 6.18. The predicted octanol–water partition coefficient (Wildman–Crippen LogP) is 6.13. The number of hydrogen-bond acceptors (Lipinski definition) is 5. The summed E-state index contributed by atoms with van der Waals surface area (Å²) in [5.74, 6) is 0.652. The van der Waals surface area contributed by atoms with Crippen molar-refractivity contribution in [3.05, 3.63) is 71.0 Å². The van der Waals surface area contributed by atoms with Crippen LogP contribution in [0, 0.1) is 0 Å². The third-order valence-corrected chi connectivity index (χ3v) is 6.54. The summed E-state index contributed by atoms with van der Waals surface area (Å²) >= 11 is 13.8. The molecule has 2 heterocycles. The van der Waals surface area contributed by atoms with Crippen LogP contribution in [0.25, 0.3) is 20.7 Å². The topological polar surface area (TPSA) is 58.1 Å². The lowest BCUT2D eigenvalue weighted by Crippen LogP contribution is -2.24.